The molecule has 2 heterocycles. The quantitative estimate of drug-likeness (QED) is 0.101. The molecule has 0 bridgehead atoms. The summed E-state index contributed by atoms with van der Waals surface area (Å²) in [6.45, 7) is 3.50. The molecule has 256 valence electrons. The average molecular weight is 679 g/mol. The van der Waals surface area contributed by atoms with Crippen LogP contribution in [0, 0.1) is 0 Å². The maximum Gasteiger partial charge on any atom is 0.416 e. The molecule has 0 radical (unpaired) electrons. The van der Waals surface area contributed by atoms with Crippen molar-refractivity contribution in [3.8, 4) is 5.75 Å². The molecule has 0 spiro atoms. The normalized spacial score (nSPS) is 17.0. The van der Waals surface area contributed by atoms with Gasteiger partial charge in [-0.15, -0.1) is 0 Å². The number of hydrazine groups is 1. The Labute approximate surface area is 263 Å². The van der Waals surface area contributed by atoms with Crippen molar-refractivity contribution < 1.29 is 53.8 Å². The lowest BCUT2D eigenvalue weighted by molar-refractivity contribution is -0.144. The lowest BCUT2D eigenvalue weighted by atomic mass is 9.84. The summed E-state index contributed by atoms with van der Waals surface area (Å²) in [5.41, 5.74) is -4.05. The minimum absolute atomic E-state index is 0.00234. The third-order valence-electron chi connectivity index (χ3n) is 7.65. The zero-order chi connectivity index (χ0) is 34.7. The zero-order valence-corrected chi connectivity index (χ0v) is 25.2. The van der Waals surface area contributed by atoms with Gasteiger partial charge in [0.25, 0.3) is 0 Å². The number of nitrogens with two attached hydrogens (primary N) is 1. The monoisotopic (exact) mass is 678 g/mol. The molecule has 3 aromatic rings. The van der Waals surface area contributed by atoms with Crippen molar-refractivity contribution in [3.63, 3.8) is 0 Å². The number of rotatable bonds is 10. The second kappa shape index (κ2) is 14.0. The number of halogens is 9. The number of carbonyl (C=O) groups excluding carboxylic acids is 1. The van der Waals surface area contributed by atoms with Gasteiger partial charge in [0.15, 0.2) is 5.75 Å². The molecule has 0 unspecified atom stereocenters. The highest BCUT2D eigenvalue weighted by molar-refractivity contribution is 5.69. The number of benzene rings is 2. The molecule has 0 fully saturated rings. The first-order valence-electron chi connectivity index (χ1n) is 14.6. The lowest BCUT2D eigenvalue weighted by Crippen LogP contribution is -2.45. The average Bonchev–Trinajstić information content (AvgIpc) is 2.98. The van der Waals surface area contributed by atoms with Gasteiger partial charge in [-0.25, -0.2) is 15.8 Å². The maximum atomic E-state index is 13.7. The lowest BCUT2D eigenvalue weighted by Gasteiger charge is -2.39. The summed E-state index contributed by atoms with van der Waals surface area (Å²) in [6.07, 6.45) is -13.5. The Bertz CT molecular complexity index is 1540. The van der Waals surface area contributed by atoms with E-state index >= 15 is 0 Å². The van der Waals surface area contributed by atoms with Crippen molar-refractivity contribution in [2.75, 3.05) is 18.2 Å². The van der Waals surface area contributed by atoms with Gasteiger partial charge in [0, 0.05) is 24.8 Å². The van der Waals surface area contributed by atoms with Gasteiger partial charge in [-0.2, -0.15) is 39.5 Å². The number of ether oxygens (including phenoxy) is 2. The summed E-state index contributed by atoms with van der Waals surface area (Å²) >= 11 is 0. The number of esters is 1. The summed E-state index contributed by atoms with van der Waals surface area (Å²) in [4.78, 5) is 20.5. The van der Waals surface area contributed by atoms with Gasteiger partial charge in [0.2, 0.25) is 0 Å². The van der Waals surface area contributed by atoms with E-state index in [0.717, 1.165) is 12.1 Å². The number of hydrogen-bond donors (Lipinski definition) is 1. The third-order valence-corrected chi connectivity index (χ3v) is 7.65. The van der Waals surface area contributed by atoms with E-state index in [4.69, 9.17) is 15.3 Å². The molecule has 0 saturated heterocycles. The molecule has 0 aliphatic carbocycles. The van der Waals surface area contributed by atoms with E-state index < -0.39 is 59.1 Å². The Kier molecular flexibility index (Phi) is 10.6. The number of carbonyl (C=O) groups is 1. The summed E-state index contributed by atoms with van der Waals surface area (Å²) in [6, 6.07) is 3.82. The molecule has 2 N–H and O–H groups in total. The maximum absolute atomic E-state index is 13.7. The van der Waals surface area contributed by atoms with Gasteiger partial charge in [-0.05, 0) is 73.7 Å². The van der Waals surface area contributed by atoms with Gasteiger partial charge in [-0.3, -0.25) is 4.79 Å². The van der Waals surface area contributed by atoms with Crippen molar-refractivity contribution in [3.05, 3.63) is 81.9 Å². The van der Waals surface area contributed by atoms with Crippen LogP contribution in [0.5, 0.6) is 5.75 Å². The predicted octanol–water partition coefficient (Wildman–Crippen LogP) is 7.84. The van der Waals surface area contributed by atoms with Crippen LogP contribution < -0.4 is 15.6 Å². The molecule has 7 nitrogen and oxygen atoms in total. The molecule has 2 aromatic carbocycles. The molecule has 2 atom stereocenters. The molecule has 47 heavy (non-hydrogen) atoms. The third kappa shape index (κ3) is 8.64. The van der Waals surface area contributed by atoms with Crippen LogP contribution in [0.3, 0.4) is 0 Å². The highest BCUT2D eigenvalue weighted by Gasteiger charge is 2.39. The van der Waals surface area contributed by atoms with Gasteiger partial charge in [-0.1, -0.05) is 6.92 Å². The minimum atomic E-state index is -5.09. The van der Waals surface area contributed by atoms with Gasteiger partial charge < -0.3 is 14.5 Å². The zero-order valence-electron chi connectivity index (χ0n) is 25.2. The smallest absolute Gasteiger partial charge is 0.416 e. The van der Waals surface area contributed by atoms with Crippen LogP contribution in [-0.4, -0.2) is 35.2 Å². The van der Waals surface area contributed by atoms with E-state index in [-0.39, 0.29) is 67.4 Å². The molecular weight excluding hydrogens is 647 g/mol. The van der Waals surface area contributed by atoms with Gasteiger partial charge in [0.05, 0.1) is 47.5 Å². The van der Waals surface area contributed by atoms with Crippen LogP contribution in [0.2, 0.25) is 0 Å². The highest BCUT2D eigenvalue weighted by atomic mass is 19.4. The van der Waals surface area contributed by atoms with E-state index in [1.54, 1.807) is 6.92 Å². The fourth-order valence-electron chi connectivity index (χ4n) is 5.35. The summed E-state index contributed by atoms with van der Waals surface area (Å²) in [5, 5.41) is 1.36. The van der Waals surface area contributed by atoms with Crippen LogP contribution in [-0.2, 0) is 34.5 Å². The Balaban J connectivity index is 1.80. The Morgan fingerprint density at radius 2 is 1.57 bits per heavy atom. The molecule has 0 saturated carbocycles. The SMILES string of the molecule is CCOC(=O)CCCOc1cnc([C@H]2C[C@@H](CC)N(N)c3ccc(C(F)(F)F)cc32)nc1Cc1cc(C(F)(F)F)cc(C(F)(F)F)c1. The standard InChI is InChI=1S/C31H31F9N4O3/c1-3-21-15-23(22-14-18(29(32,33)34)7-8-25(22)44(21)41)28-42-16-26(47-9-5-6-27(45)46-4-2)24(43-28)12-17-10-19(30(35,36)37)13-20(11-17)31(38,39)40/h7-8,10-11,13-14,16,21,23H,3-6,9,12,15,41H2,1-2H3/t21-,23+/m1/s1. The summed E-state index contributed by atoms with van der Waals surface area (Å²) < 4.78 is 133. The number of hydrogen-bond acceptors (Lipinski definition) is 7. The van der Waals surface area contributed by atoms with E-state index in [2.05, 4.69) is 9.97 Å². The molecule has 1 aromatic heterocycles. The number of aromatic nitrogens is 2. The Morgan fingerprint density at radius 1 is 0.936 bits per heavy atom. The molecule has 16 heteroatoms. The Morgan fingerprint density at radius 3 is 2.15 bits per heavy atom. The van der Waals surface area contributed by atoms with Crippen molar-refractivity contribution in [2.24, 2.45) is 5.84 Å². The van der Waals surface area contributed by atoms with Crippen LogP contribution in [0.25, 0.3) is 0 Å². The van der Waals surface area contributed by atoms with Crippen LogP contribution in [0.15, 0.2) is 42.6 Å². The summed E-state index contributed by atoms with van der Waals surface area (Å²) in [7, 11) is 0. The first kappa shape index (κ1) is 35.8. The number of alkyl halides is 9. The first-order chi connectivity index (χ1) is 21.9. The minimum Gasteiger partial charge on any atom is -0.490 e. The van der Waals surface area contributed by atoms with Gasteiger partial charge >= 0.3 is 24.5 Å². The largest absolute Gasteiger partial charge is 0.490 e. The van der Waals surface area contributed by atoms with Crippen molar-refractivity contribution in [1.29, 1.82) is 0 Å². The number of fused-ring (bicyclic) bond motifs is 1. The molecule has 1 aliphatic rings. The van der Waals surface area contributed by atoms with Crippen molar-refractivity contribution >= 4 is 11.7 Å². The van der Waals surface area contributed by atoms with Crippen molar-refractivity contribution in [1.82, 2.24) is 9.97 Å². The van der Waals surface area contributed by atoms with Crippen molar-refractivity contribution in [2.45, 2.75) is 76.4 Å². The highest BCUT2D eigenvalue weighted by Crippen LogP contribution is 2.44. The van der Waals surface area contributed by atoms with E-state index in [9.17, 15) is 44.3 Å². The predicted molar refractivity (Wildman–Crippen MR) is 151 cm³/mol. The van der Waals surface area contributed by atoms with E-state index in [1.807, 2.05) is 6.92 Å². The fourth-order valence-corrected chi connectivity index (χ4v) is 5.35. The molecular formula is C31H31F9N4O3. The Hall–Kier alpha value is -4.08. The first-order valence-corrected chi connectivity index (χ1v) is 14.6. The second-order valence-corrected chi connectivity index (χ2v) is 10.9. The van der Waals surface area contributed by atoms with Crippen LogP contribution in [0.4, 0.5) is 45.2 Å². The van der Waals surface area contributed by atoms with E-state index in [0.29, 0.717) is 24.2 Å². The van der Waals surface area contributed by atoms with Crippen LogP contribution >= 0.6 is 0 Å². The number of nitrogens with zero attached hydrogens (tertiary/aromatic N) is 3. The molecule has 4 rings (SSSR count). The molecule has 1 aliphatic heterocycles. The number of anilines is 1. The van der Waals surface area contributed by atoms with E-state index in [1.165, 1.54) is 17.3 Å². The molecule has 0 amide bonds. The second-order valence-electron chi connectivity index (χ2n) is 10.9. The topological polar surface area (TPSA) is 90.6 Å². The summed E-state index contributed by atoms with van der Waals surface area (Å²) in [5.74, 6) is 4.77. The fraction of sp³-hybridized carbons (Fsp3) is 0.452. The van der Waals surface area contributed by atoms with Gasteiger partial charge in [0.1, 0.15) is 5.82 Å². The van der Waals surface area contributed by atoms with Crippen LogP contribution in [0.1, 0.15) is 84.8 Å².